The molecule has 0 saturated heterocycles. The van der Waals surface area contributed by atoms with Gasteiger partial charge in [-0.1, -0.05) is 30.7 Å². The maximum Gasteiger partial charge on any atom is 0.328 e. The van der Waals surface area contributed by atoms with Gasteiger partial charge in [0.2, 0.25) is 0 Å². The topological polar surface area (TPSA) is 37.3 Å². The van der Waals surface area contributed by atoms with Gasteiger partial charge in [0.05, 0.1) is 0 Å². The molecule has 2 nitrogen and oxygen atoms in total. The molecule has 1 N–H and O–H groups in total. The van der Waals surface area contributed by atoms with Crippen LogP contribution in [0, 0.1) is 0 Å². The summed E-state index contributed by atoms with van der Waals surface area (Å²) in [5.41, 5.74) is 1.87. The molecule has 0 bridgehead atoms. The molecule has 1 rings (SSSR count). The number of rotatable bonds is 3. The van der Waals surface area contributed by atoms with E-state index in [9.17, 15) is 4.79 Å². The van der Waals surface area contributed by atoms with Crippen LogP contribution in [0.2, 0.25) is 5.02 Å². The Morgan fingerprint density at radius 3 is 2.79 bits per heavy atom. The van der Waals surface area contributed by atoms with E-state index in [0.29, 0.717) is 5.02 Å². The smallest absolute Gasteiger partial charge is 0.328 e. The zero-order valence-corrected chi connectivity index (χ0v) is 8.58. The third-order valence-corrected chi connectivity index (χ3v) is 2.23. The molecule has 74 valence electrons. The highest BCUT2D eigenvalue weighted by atomic mass is 35.5. The summed E-state index contributed by atoms with van der Waals surface area (Å²) in [6.45, 7) is 2.02. The molecule has 3 heteroatoms. The molecule has 1 aromatic carbocycles. The van der Waals surface area contributed by atoms with Crippen molar-refractivity contribution in [3.05, 3.63) is 40.4 Å². The van der Waals surface area contributed by atoms with Crippen LogP contribution < -0.4 is 0 Å². The van der Waals surface area contributed by atoms with Crippen molar-refractivity contribution in [2.24, 2.45) is 0 Å². The van der Waals surface area contributed by atoms with Gasteiger partial charge in [-0.15, -0.1) is 0 Å². The number of carboxylic acid groups (broad SMARTS) is 1. The molecule has 14 heavy (non-hydrogen) atoms. The minimum absolute atomic E-state index is 0.681. The fourth-order valence-corrected chi connectivity index (χ4v) is 1.44. The SMILES string of the molecule is CCc1ccc(C=CC(=O)O)cc1Cl. The highest BCUT2D eigenvalue weighted by Crippen LogP contribution is 2.18. The standard InChI is InChI=1S/C11H11ClO2/c1-2-9-5-3-8(7-10(9)12)4-6-11(13)14/h3-7H,2H2,1H3,(H,13,14). The summed E-state index contributed by atoms with van der Waals surface area (Å²) in [5.74, 6) is -0.958. The molecule has 0 spiro atoms. The fraction of sp³-hybridized carbons (Fsp3) is 0.182. The summed E-state index contributed by atoms with van der Waals surface area (Å²) >= 11 is 5.96. The van der Waals surface area contributed by atoms with Gasteiger partial charge in [-0.3, -0.25) is 0 Å². The lowest BCUT2D eigenvalue weighted by molar-refractivity contribution is -0.131. The molecule has 0 aliphatic rings. The molecule has 0 saturated carbocycles. The summed E-state index contributed by atoms with van der Waals surface area (Å²) < 4.78 is 0. The van der Waals surface area contributed by atoms with Crippen molar-refractivity contribution >= 4 is 23.6 Å². The van der Waals surface area contributed by atoms with Crippen molar-refractivity contribution in [1.82, 2.24) is 0 Å². The molecule has 0 radical (unpaired) electrons. The Kier molecular flexibility index (Phi) is 3.72. The van der Waals surface area contributed by atoms with Crippen molar-refractivity contribution in [2.75, 3.05) is 0 Å². The van der Waals surface area contributed by atoms with Crippen LogP contribution >= 0.6 is 11.6 Å². The van der Waals surface area contributed by atoms with Crippen molar-refractivity contribution in [2.45, 2.75) is 13.3 Å². The summed E-state index contributed by atoms with van der Waals surface area (Å²) in [5, 5.41) is 9.11. The Morgan fingerprint density at radius 2 is 2.29 bits per heavy atom. The van der Waals surface area contributed by atoms with Crippen molar-refractivity contribution < 1.29 is 9.90 Å². The zero-order chi connectivity index (χ0) is 10.6. The van der Waals surface area contributed by atoms with Gasteiger partial charge in [0.15, 0.2) is 0 Å². The van der Waals surface area contributed by atoms with Crippen LogP contribution in [0.1, 0.15) is 18.1 Å². The maximum absolute atomic E-state index is 10.3. The van der Waals surface area contributed by atoms with E-state index in [0.717, 1.165) is 23.6 Å². The lowest BCUT2D eigenvalue weighted by Gasteiger charge is -2.01. The Bertz CT molecular complexity index is 370. The van der Waals surface area contributed by atoms with Crippen LogP contribution in [0.5, 0.6) is 0 Å². The minimum Gasteiger partial charge on any atom is -0.478 e. The minimum atomic E-state index is -0.958. The third-order valence-electron chi connectivity index (χ3n) is 1.88. The van der Waals surface area contributed by atoms with E-state index in [1.54, 1.807) is 6.07 Å². The molecule has 0 heterocycles. The van der Waals surface area contributed by atoms with Crippen molar-refractivity contribution in [3.63, 3.8) is 0 Å². The Balaban J connectivity index is 2.91. The van der Waals surface area contributed by atoms with Gasteiger partial charge in [-0.05, 0) is 29.7 Å². The molecule has 1 aromatic rings. The molecule has 0 aliphatic heterocycles. The van der Waals surface area contributed by atoms with Crippen LogP contribution in [0.4, 0.5) is 0 Å². The maximum atomic E-state index is 10.3. The number of halogens is 1. The third kappa shape index (κ3) is 2.89. The van der Waals surface area contributed by atoms with E-state index in [2.05, 4.69) is 0 Å². The van der Waals surface area contributed by atoms with Gasteiger partial charge in [0.1, 0.15) is 0 Å². The lowest BCUT2D eigenvalue weighted by Crippen LogP contribution is -1.87. The molecule has 0 aliphatic carbocycles. The molecular formula is C11H11ClO2. The normalized spacial score (nSPS) is 10.7. The molecule has 0 atom stereocenters. The van der Waals surface area contributed by atoms with E-state index in [1.807, 2.05) is 19.1 Å². The predicted molar refractivity (Wildman–Crippen MR) is 57.5 cm³/mol. The second kappa shape index (κ2) is 4.82. The molecule has 0 amide bonds. The fourth-order valence-electron chi connectivity index (χ4n) is 1.12. The summed E-state index contributed by atoms with van der Waals surface area (Å²) in [6.07, 6.45) is 3.49. The van der Waals surface area contributed by atoms with Crippen LogP contribution in [0.15, 0.2) is 24.3 Å². The van der Waals surface area contributed by atoms with Gasteiger partial charge in [-0.25, -0.2) is 4.79 Å². The average Bonchev–Trinajstić information content (AvgIpc) is 2.15. The van der Waals surface area contributed by atoms with Crippen molar-refractivity contribution in [1.29, 1.82) is 0 Å². The summed E-state index contributed by atoms with van der Waals surface area (Å²) in [4.78, 5) is 10.3. The van der Waals surface area contributed by atoms with E-state index >= 15 is 0 Å². The molecular weight excluding hydrogens is 200 g/mol. The van der Waals surface area contributed by atoms with Gasteiger partial charge in [0, 0.05) is 11.1 Å². The quantitative estimate of drug-likeness (QED) is 0.779. The first kappa shape index (κ1) is 10.8. The number of hydrogen-bond acceptors (Lipinski definition) is 1. The van der Waals surface area contributed by atoms with Gasteiger partial charge < -0.3 is 5.11 Å². The molecule has 0 aromatic heterocycles. The van der Waals surface area contributed by atoms with Crippen LogP contribution in [0.3, 0.4) is 0 Å². The van der Waals surface area contributed by atoms with E-state index < -0.39 is 5.97 Å². The Hall–Kier alpha value is -1.28. The molecule has 0 unspecified atom stereocenters. The van der Waals surface area contributed by atoms with Crippen molar-refractivity contribution in [3.8, 4) is 0 Å². The number of hydrogen-bond donors (Lipinski definition) is 1. The van der Waals surface area contributed by atoms with E-state index in [4.69, 9.17) is 16.7 Å². The van der Waals surface area contributed by atoms with Crippen LogP contribution in [-0.4, -0.2) is 11.1 Å². The first-order chi connectivity index (χ1) is 6.63. The number of carboxylic acids is 1. The van der Waals surface area contributed by atoms with E-state index in [-0.39, 0.29) is 0 Å². The first-order valence-electron chi connectivity index (χ1n) is 4.33. The number of aliphatic carboxylic acids is 1. The predicted octanol–water partition coefficient (Wildman–Crippen LogP) is 3.00. The first-order valence-corrected chi connectivity index (χ1v) is 4.70. The number of benzene rings is 1. The summed E-state index contributed by atoms with van der Waals surface area (Å²) in [6, 6.07) is 5.52. The zero-order valence-electron chi connectivity index (χ0n) is 7.83. The number of carbonyl (C=O) groups is 1. The van der Waals surface area contributed by atoms with Crippen LogP contribution in [0.25, 0.3) is 6.08 Å². The highest BCUT2D eigenvalue weighted by Gasteiger charge is 1.98. The second-order valence-electron chi connectivity index (χ2n) is 2.88. The lowest BCUT2D eigenvalue weighted by atomic mass is 10.1. The largest absolute Gasteiger partial charge is 0.478 e. The molecule has 0 fully saturated rings. The van der Waals surface area contributed by atoms with Gasteiger partial charge in [-0.2, -0.15) is 0 Å². The number of aryl methyl sites for hydroxylation is 1. The Morgan fingerprint density at radius 1 is 1.57 bits per heavy atom. The van der Waals surface area contributed by atoms with Gasteiger partial charge >= 0.3 is 5.97 Å². The monoisotopic (exact) mass is 210 g/mol. The average molecular weight is 211 g/mol. The van der Waals surface area contributed by atoms with Gasteiger partial charge in [0.25, 0.3) is 0 Å². The highest BCUT2D eigenvalue weighted by molar-refractivity contribution is 6.31. The summed E-state index contributed by atoms with van der Waals surface area (Å²) in [7, 11) is 0. The van der Waals surface area contributed by atoms with E-state index in [1.165, 1.54) is 6.08 Å². The second-order valence-corrected chi connectivity index (χ2v) is 3.28. The van der Waals surface area contributed by atoms with Crippen LogP contribution in [-0.2, 0) is 11.2 Å². The Labute approximate surface area is 87.8 Å².